The Balaban J connectivity index is 1.94. The number of nitrogens with zero attached hydrogens (tertiary/aromatic N) is 3. The van der Waals surface area contributed by atoms with E-state index in [-0.39, 0.29) is 0 Å². The number of hydrogen-bond donors (Lipinski definition) is 2. The van der Waals surface area contributed by atoms with Gasteiger partial charge in [-0.3, -0.25) is 15.0 Å². The second-order valence-electron chi connectivity index (χ2n) is 5.70. The summed E-state index contributed by atoms with van der Waals surface area (Å²) in [6, 6.07) is 7.74. The number of fused-ring (bicyclic) bond motifs is 1. The molecule has 0 aliphatic carbocycles. The molecule has 1 aromatic carbocycles. The van der Waals surface area contributed by atoms with Crippen molar-refractivity contribution < 1.29 is 14.3 Å². The van der Waals surface area contributed by atoms with Crippen molar-refractivity contribution in [1.82, 2.24) is 20.2 Å². The van der Waals surface area contributed by atoms with Gasteiger partial charge in [-0.25, -0.2) is 14.8 Å². The topological polar surface area (TPSA) is 110 Å². The normalized spacial score (nSPS) is 15.1. The number of urea groups is 1. The predicted octanol–water partition coefficient (Wildman–Crippen LogP) is 0.779. The van der Waals surface area contributed by atoms with Gasteiger partial charge in [0.1, 0.15) is 12.4 Å². The molecular weight excluding hydrogens is 322 g/mol. The van der Waals surface area contributed by atoms with Crippen molar-refractivity contribution in [2.24, 2.45) is 5.73 Å². The van der Waals surface area contributed by atoms with Crippen molar-refractivity contribution in [2.75, 3.05) is 13.7 Å². The van der Waals surface area contributed by atoms with Crippen LogP contribution in [0.5, 0.6) is 5.88 Å². The zero-order chi connectivity index (χ0) is 17.8. The Morgan fingerprint density at radius 1 is 1.28 bits per heavy atom. The molecule has 0 spiro atoms. The fourth-order valence-electron chi connectivity index (χ4n) is 3.09. The monoisotopic (exact) mass is 341 g/mol. The highest BCUT2D eigenvalue weighted by Crippen LogP contribution is 2.30. The Bertz CT molecular complexity index is 767. The third-order valence-electron chi connectivity index (χ3n) is 4.16. The number of aromatic nitrogens is 2. The van der Waals surface area contributed by atoms with Crippen LogP contribution < -0.4 is 15.8 Å². The van der Waals surface area contributed by atoms with Gasteiger partial charge < -0.3 is 10.5 Å². The fraction of sp³-hybridized carbons (Fsp3) is 0.294. The Kier molecular flexibility index (Phi) is 4.90. The summed E-state index contributed by atoms with van der Waals surface area (Å²) in [5, 5.41) is 2.19. The summed E-state index contributed by atoms with van der Waals surface area (Å²) in [7, 11) is 1.55. The van der Waals surface area contributed by atoms with Gasteiger partial charge in [0.25, 0.3) is 0 Å². The molecule has 1 aliphatic heterocycles. The van der Waals surface area contributed by atoms with Crippen molar-refractivity contribution in [3.05, 3.63) is 53.5 Å². The summed E-state index contributed by atoms with van der Waals surface area (Å²) >= 11 is 0. The molecule has 8 heteroatoms. The second kappa shape index (κ2) is 7.27. The molecule has 3 amide bonds. The van der Waals surface area contributed by atoms with Crippen LogP contribution in [0.25, 0.3) is 0 Å². The highest BCUT2D eigenvalue weighted by molar-refractivity contribution is 5.96. The smallest absolute Gasteiger partial charge is 0.318 e. The lowest BCUT2D eigenvalue weighted by atomic mass is 9.99. The molecule has 0 fully saturated rings. The van der Waals surface area contributed by atoms with E-state index in [1.54, 1.807) is 7.11 Å². The van der Waals surface area contributed by atoms with Crippen molar-refractivity contribution in [1.29, 1.82) is 0 Å². The molecular formula is C17H19N5O3. The molecule has 0 radical (unpaired) electrons. The van der Waals surface area contributed by atoms with Crippen molar-refractivity contribution in [3.63, 3.8) is 0 Å². The summed E-state index contributed by atoms with van der Waals surface area (Å²) in [4.78, 5) is 34.2. The number of methoxy groups -OCH3 is 1. The maximum Gasteiger partial charge on any atom is 0.318 e. The molecule has 8 nitrogen and oxygen atoms in total. The van der Waals surface area contributed by atoms with Crippen molar-refractivity contribution in [3.8, 4) is 5.88 Å². The minimum absolute atomic E-state index is 0.436. The van der Waals surface area contributed by atoms with Gasteiger partial charge in [-0.2, -0.15) is 0 Å². The Hall–Kier alpha value is -3.00. The van der Waals surface area contributed by atoms with E-state index in [2.05, 4.69) is 15.3 Å². The number of benzene rings is 1. The number of carbonyl (C=O) groups is 2. The maximum atomic E-state index is 12.6. The Labute approximate surface area is 145 Å². The highest BCUT2D eigenvalue weighted by atomic mass is 16.5. The largest absolute Gasteiger partial charge is 0.481 e. The van der Waals surface area contributed by atoms with Crippen LogP contribution in [0.2, 0.25) is 0 Å². The van der Waals surface area contributed by atoms with Gasteiger partial charge in [-0.1, -0.05) is 30.3 Å². The average Bonchev–Trinajstić information content (AvgIpc) is 2.61. The van der Waals surface area contributed by atoms with Crippen LogP contribution in [0.1, 0.15) is 22.9 Å². The lowest BCUT2D eigenvalue weighted by molar-refractivity contribution is -0.126. The third kappa shape index (κ3) is 3.58. The number of primary amides is 1. The summed E-state index contributed by atoms with van der Waals surface area (Å²) in [6.07, 6.45) is 2.13. The first-order valence-corrected chi connectivity index (χ1v) is 7.86. The van der Waals surface area contributed by atoms with Crippen molar-refractivity contribution in [2.45, 2.75) is 19.0 Å². The molecule has 0 saturated carbocycles. The van der Waals surface area contributed by atoms with Gasteiger partial charge in [0.05, 0.1) is 12.8 Å². The van der Waals surface area contributed by atoms with Crippen LogP contribution in [0, 0.1) is 0 Å². The minimum atomic E-state index is -0.871. The summed E-state index contributed by atoms with van der Waals surface area (Å²) in [6.45, 7) is 1.05. The van der Waals surface area contributed by atoms with E-state index < -0.39 is 18.0 Å². The van der Waals surface area contributed by atoms with Gasteiger partial charge >= 0.3 is 6.03 Å². The van der Waals surface area contributed by atoms with Crippen LogP contribution >= 0.6 is 0 Å². The van der Waals surface area contributed by atoms with Crippen LogP contribution in [-0.2, 0) is 17.8 Å². The maximum absolute atomic E-state index is 12.6. The first-order valence-electron chi connectivity index (χ1n) is 7.86. The quantitative estimate of drug-likeness (QED) is 0.850. The molecule has 3 N–H and O–H groups in total. The summed E-state index contributed by atoms with van der Waals surface area (Å²) in [5.41, 5.74) is 7.67. The summed E-state index contributed by atoms with van der Waals surface area (Å²) < 4.78 is 5.32. The molecule has 3 rings (SSSR count). The molecule has 0 bridgehead atoms. The number of hydrogen-bond acceptors (Lipinski definition) is 6. The lowest BCUT2D eigenvalue weighted by Gasteiger charge is -2.34. The zero-order valence-electron chi connectivity index (χ0n) is 13.8. The van der Waals surface area contributed by atoms with E-state index >= 15 is 0 Å². The van der Waals surface area contributed by atoms with Gasteiger partial charge in [-0.15, -0.1) is 0 Å². The Morgan fingerprint density at radius 3 is 2.72 bits per heavy atom. The molecule has 1 atom stereocenters. The standard InChI is InChI=1S/C17H19N5O3/c1-25-16-12-9-22(8-7-13(12)19-10-20-16)14(15(23)21-17(18)24)11-5-3-2-4-6-11/h2-6,10,14H,7-9H2,1H3,(H3,18,21,23,24). The molecule has 2 heterocycles. The first kappa shape index (κ1) is 16.8. The number of nitrogens with two attached hydrogens (primary N) is 1. The van der Waals surface area contributed by atoms with Crippen LogP contribution in [0.4, 0.5) is 4.79 Å². The van der Waals surface area contributed by atoms with E-state index in [4.69, 9.17) is 10.5 Å². The molecule has 1 aromatic heterocycles. The molecule has 1 unspecified atom stereocenters. The SMILES string of the molecule is COc1ncnc2c1CN(C(C(=O)NC(N)=O)c1ccccc1)CC2. The van der Waals surface area contributed by atoms with E-state index in [1.165, 1.54) is 6.33 Å². The Morgan fingerprint density at radius 2 is 2.04 bits per heavy atom. The number of amides is 3. The molecule has 0 saturated heterocycles. The summed E-state index contributed by atoms with van der Waals surface area (Å²) in [5.74, 6) is 0.0368. The van der Waals surface area contributed by atoms with E-state index in [0.29, 0.717) is 25.4 Å². The third-order valence-corrected chi connectivity index (χ3v) is 4.16. The van der Waals surface area contributed by atoms with Crippen molar-refractivity contribution >= 4 is 11.9 Å². The fourth-order valence-corrected chi connectivity index (χ4v) is 3.09. The van der Waals surface area contributed by atoms with E-state index in [1.807, 2.05) is 35.2 Å². The van der Waals surface area contributed by atoms with Gasteiger partial charge in [-0.05, 0) is 5.56 Å². The lowest BCUT2D eigenvalue weighted by Crippen LogP contribution is -2.46. The average molecular weight is 341 g/mol. The van der Waals surface area contributed by atoms with E-state index in [9.17, 15) is 9.59 Å². The second-order valence-corrected chi connectivity index (χ2v) is 5.70. The first-order chi connectivity index (χ1) is 12.1. The van der Waals surface area contributed by atoms with Crippen LogP contribution in [0.15, 0.2) is 36.7 Å². The number of imide groups is 1. The number of nitrogens with one attached hydrogen (secondary N) is 1. The van der Waals surface area contributed by atoms with E-state index in [0.717, 1.165) is 16.8 Å². The predicted molar refractivity (Wildman–Crippen MR) is 89.6 cm³/mol. The van der Waals surface area contributed by atoms with Crippen LogP contribution in [0.3, 0.4) is 0 Å². The number of ether oxygens (including phenoxy) is 1. The highest BCUT2D eigenvalue weighted by Gasteiger charge is 2.32. The van der Waals surface area contributed by atoms with Gasteiger partial charge in [0, 0.05) is 25.1 Å². The van der Waals surface area contributed by atoms with Gasteiger partial charge in [0.15, 0.2) is 0 Å². The number of rotatable bonds is 4. The minimum Gasteiger partial charge on any atom is -0.481 e. The van der Waals surface area contributed by atoms with Gasteiger partial charge in [0.2, 0.25) is 11.8 Å². The molecule has 1 aliphatic rings. The molecule has 2 aromatic rings. The molecule has 25 heavy (non-hydrogen) atoms. The molecule has 130 valence electrons. The number of carbonyl (C=O) groups excluding carboxylic acids is 2. The zero-order valence-corrected chi connectivity index (χ0v) is 13.8. The van der Waals surface area contributed by atoms with Crippen LogP contribution in [-0.4, -0.2) is 40.5 Å².